The number of H-pyrrole nitrogens is 1. The minimum atomic E-state index is -0.137. The van der Waals surface area contributed by atoms with Gasteiger partial charge in [-0.25, -0.2) is 4.98 Å². The van der Waals surface area contributed by atoms with Crippen molar-refractivity contribution in [3.8, 4) is 0 Å². The standard InChI is InChI=1S/C20H21N3O3/c1-12-3-4-15-13(2)19(26-17(15)9-12)20(25)23-7-5-14(6-8-23)16-10-18(24)22-11-21-16/h3-4,9-11,14H,5-8H2,1-2H3,(H,21,22,24). The average molecular weight is 351 g/mol. The Morgan fingerprint density at radius 3 is 2.73 bits per heavy atom. The largest absolute Gasteiger partial charge is 0.451 e. The molecule has 0 aliphatic carbocycles. The lowest BCUT2D eigenvalue weighted by Crippen LogP contribution is -2.38. The van der Waals surface area contributed by atoms with E-state index in [0.29, 0.717) is 18.8 Å². The van der Waals surface area contributed by atoms with Gasteiger partial charge in [-0.1, -0.05) is 12.1 Å². The van der Waals surface area contributed by atoms with Crippen molar-refractivity contribution in [2.75, 3.05) is 13.1 Å². The number of nitrogens with one attached hydrogen (secondary N) is 1. The Morgan fingerprint density at radius 2 is 2.00 bits per heavy atom. The number of piperidine rings is 1. The van der Waals surface area contributed by atoms with E-state index in [1.165, 1.54) is 6.33 Å². The molecule has 3 heterocycles. The maximum Gasteiger partial charge on any atom is 0.289 e. The van der Waals surface area contributed by atoms with E-state index in [4.69, 9.17) is 4.42 Å². The molecule has 1 N–H and O–H groups in total. The fourth-order valence-corrected chi connectivity index (χ4v) is 3.67. The maximum absolute atomic E-state index is 12.9. The van der Waals surface area contributed by atoms with E-state index in [0.717, 1.165) is 40.6 Å². The number of hydrogen-bond donors (Lipinski definition) is 1. The van der Waals surface area contributed by atoms with Crippen molar-refractivity contribution in [3.05, 3.63) is 63.5 Å². The van der Waals surface area contributed by atoms with Crippen LogP contribution < -0.4 is 5.56 Å². The van der Waals surface area contributed by atoms with E-state index in [1.807, 2.05) is 36.9 Å². The summed E-state index contributed by atoms with van der Waals surface area (Å²) in [6, 6.07) is 7.54. The number of fused-ring (bicyclic) bond motifs is 1. The summed E-state index contributed by atoms with van der Waals surface area (Å²) in [5, 5.41) is 0.988. The van der Waals surface area contributed by atoms with Crippen LogP contribution in [0, 0.1) is 13.8 Å². The van der Waals surface area contributed by atoms with Crippen LogP contribution in [0.3, 0.4) is 0 Å². The highest BCUT2D eigenvalue weighted by atomic mass is 16.3. The lowest BCUT2D eigenvalue weighted by molar-refractivity contribution is 0.0681. The molecule has 0 unspecified atom stereocenters. The van der Waals surface area contributed by atoms with Crippen LogP contribution >= 0.6 is 0 Å². The molecule has 1 saturated heterocycles. The average Bonchev–Trinajstić information content (AvgIpc) is 2.97. The van der Waals surface area contributed by atoms with Crippen LogP contribution in [-0.2, 0) is 0 Å². The predicted octanol–water partition coefficient (Wildman–Crippen LogP) is 3.15. The fourth-order valence-electron chi connectivity index (χ4n) is 3.67. The molecule has 0 saturated carbocycles. The first kappa shape index (κ1) is 16.6. The van der Waals surface area contributed by atoms with Crippen LogP contribution in [-0.4, -0.2) is 33.9 Å². The number of carbonyl (C=O) groups is 1. The molecule has 0 bridgehead atoms. The van der Waals surface area contributed by atoms with Crippen molar-refractivity contribution in [2.45, 2.75) is 32.6 Å². The molecule has 0 atom stereocenters. The van der Waals surface area contributed by atoms with Gasteiger partial charge in [-0.2, -0.15) is 0 Å². The summed E-state index contributed by atoms with van der Waals surface area (Å²) < 4.78 is 5.87. The highest BCUT2D eigenvalue weighted by Gasteiger charge is 2.28. The molecule has 2 aromatic heterocycles. The zero-order valence-corrected chi connectivity index (χ0v) is 14.9. The topological polar surface area (TPSA) is 79.2 Å². The number of nitrogens with zero attached hydrogens (tertiary/aromatic N) is 2. The number of amides is 1. The molecule has 134 valence electrons. The first-order valence-corrected chi connectivity index (χ1v) is 8.86. The van der Waals surface area contributed by atoms with Crippen molar-refractivity contribution < 1.29 is 9.21 Å². The van der Waals surface area contributed by atoms with Gasteiger partial charge in [0.1, 0.15) is 5.58 Å². The normalized spacial score (nSPS) is 15.5. The van der Waals surface area contributed by atoms with Crippen molar-refractivity contribution in [1.29, 1.82) is 0 Å². The van der Waals surface area contributed by atoms with Crippen LogP contribution in [0.1, 0.15) is 46.1 Å². The highest BCUT2D eigenvalue weighted by Crippen LogP contribution is 2.30. The summed E-state index contributed by atoms with van der Waals surface area (Å²) in [4.78, 5) is 33.0. The predicted molar refractivity (Wildman–Crippen MR) is 98.4 cm³/mol. The molecule has 26 heavy (non-hydrogen) atoms. The zero-order chi connectivity index (χ0) is 18.3. The van der Waals surface area contributed by atoms with E-state index in [9.17, 15) is 9.59 Å². The Morgan fingerprint density at radius 1 is 1.23 bits per heavy atom. The second kappa shape index (κ2) is 6.44. The molecule has 1 amide bonds. The summed E-state index contributed by atoms with van der Waals surface area (Å²) in [5.74, 6) is 0.577. The van der Waals surface area contributed by atoms with Gasteiger partial charge in [0.05, 0.1) is 12.0 Å². The molecule has 4 rings (SSSR count). The molecule has 0 radical (unpaired) electrons. The van der Waals surface area contributed by atoms with Crippen LogP contribution in [0.4, 0.5) is 0 Å². The molecule has 1 aliphatic rings. The molecule has 1 fully saturated rings. The Kier molecular flexibility index (Phi) is 4.11. The number of likely N-dealkylation sites (tertiary alicyclic amines) is 1. The molecule has 0 spiro atoms. The van der Waals surface area contributed by atoms with E-state index in [1.54, 1.807) is 6.07 Å². The fraction of sp³-hybridized carbons (Fsp3) is 0.350. The van der Waals surface area contributed by atoms with Crippen LogP contribution in [0.25, 0.3) is 11.0 Å². The van der Waals surface area contributed by atoms with Gasteiger partial charge >= 0.3 is 0 Å². The van der Waals surface area contributed by atoms with Crippen molar-refractivity contribution in [3.63, 3.8) is 0 Å². The Bertz CT molecular complexity index is 1030. The first-order valence-electron chi connectivity index (χ1n) is 8.86. The number of carbonyl (C=O) groups excluding carboxylic acids is 1. The van der Waals surface area contributed by atoms with Gasteiger partial charge in [-0.05, 0) is 38.3 Å². The molecule has 6 nitrogen and oxygen atoms in total. The van der Waals surface area contributed by atoms with Crippen LogP contribution in [0.15, 0.2) is 39.8 Å². The van der Waals surface area contributed by atoms with E-state index < -0.39 is 0 Å². The Labute approximate surface area is 150 Å². The molecule has 1 aliphatic heterocycles. The third kappa shape index (κ3) is 2.92. The third-order valence-corrected chi connectivity index (χ3v) is 5.19. The van der Waals surface area contributed by atoms with Gasteiger partial charge in [0, 0.05) is 36.0 Å². The van der Waals surface area contributed by atoms with Gasteiger partial charge in [0.25, 0.3) is 11.5 Å². The Hall–Kier alpha value is -2.89. The van der Waals surface area contributed by atoms with Gasteiger partial charge < -0.3 is 14.3 Å². The van der Waals surface area contributed by atoms with Crippen molar-refractivity contribution >= 4 is 16.9 Å². The summed E-state index contributed by atoms with van der Waals surface area (Å²) in [6.07, 6.45) is 3.02. The monoisotopic (exact) mass is 351 g/mol. The highest BCUT2D eigenvalue weighted by molar-refractivity contribution is 5.99. The zero-order valence-electron chi connectivity index (χ0n) is 14.9. The van der Waals surface area contributed by atoms with Gasteiger partial charge in [0.15, 0.2) is 5.76 Å². The molecular formula is C20H21N3O3. The summed E-state index contributed by atoms with van der Waals surface area (Å²) >= 11 is 0. The van der Waals surface area contributed by atoms with Crippen LogP contribution in [0.5, 0.6) is 0 Å². The van der Waals surface area contributed by atoms with E-state index in [-0.39, 0.29) is 17.4 Å². The van der Waals surface area contributed by atoms with Gasteiger partial charge in [-0.3, -0.25) is 9.59 Å². The van der Waals surface area contributed by atoms with Crippen molar-refractivity contribution in [2.24, 2.45) is 0 Å². The minimum Gasteiger partial charge on any atom is -0.451 e. The maximum atomic E-state index is 12.9. The van der Waals surface area contributed by atoms with Gasteiger partial charge in [-0.15, -0.1) is 0 Å². The smallest absolute Gasteiger partial charge is 0.289 e. The summed E-state index contributed by atoms with van der Waals surface area (Å²) in [5.41, 5.74) is 3.42. The van der Waals surface area contributed by atoms with E-state index >= 15 is 0 Å². The number of aryl methyl sites for hydroxylation is 2. The molecular weight excluding hydrogens is 330 g/mol. The number of aromatic amines is 1. The second-order valence-corrected chi connectivity index (χ2v) is 6.96. The first-order chi connectivity index (χ1) is 12.5. The number of rotatable bonds is 2. The summed E-state index contributed by atoms with van der Waals surface area (Å²) in [6.45, 7) is 5.20. The molecule has 6 heteroatoms. The number of aromatic nitrogens is 2. The third-order valence-electron chi connectivity index (χ3n) is 5.19. The molecule has 1 aromatic carbocycles. The quantitative estimate of drug-likeness (QED) is 0.769. The Balaban J connectivity index is 1.52. The number of furan rings is 1. The van der Waals surface area contributed by atoms with Gasteiger partial charge in [0.2, 0.25) is 0 Å². The van der Waals surface area contributed by atoms with Crippen LogP contribution in [0.2, 0.25) is 0 Å². The van der Waals surface area contributed by atoms with E-state index in [2.05, 4.69) is 9.97 Å². The number of hydrogen-bond acceptors (Lipinski definition) is 4. The minimum absolute atomic E-state index is 0.0614. The molecule has 3 aromatic rings. The summed E-state index contributed by atoms with van der Waals surface area (Å²) in [7, 11) is 0. The van der Waals surface area contributed by atoms with Crippen molar-refractivity contribution in [1.82, 2.24) is 14.9 Å². The number of benzene rings is 1. The SMILES string of the molecule is Cc1ccc2c(C)c(C(=O)N3CCC(c4cc(=O)[nH]cn4)CC3)oc2c1. The lowest BCUT2D eigenvalue weighted by Gasteiger charge is -2.31. The lowest BCUT2D eigenvalue weighted by atomic mass is 9.93. The second-order valence-electron chi connectivity index (χ2n) is 6.96.